The zero-order valence-corrected chi connectivity index (χ0v) is 13.7. The lowest BCUT2D eigenvalue weighted by molar-refractivity contribution is 0.200. The molecule has 1 aromatic carbocycles. The molecule has 0 aromatic heterocycles. The fraction of sp³-hybridized carbons (Fsp3) is 0.385. The minimum atomic E-state index is -0.178. The van der Waals surface area contributed by atoms with Crippen molar-refractivity contribution < 1.29 is 4.39 Å². The molecule has 2 rings (SSSR count). The Morgan fingerprint density at radius 2 is 1.95 bits per heavy atom. The first-order chi connectivity index (χ1) is 8.24. The molecule has 0 bridgehead atoms. The number of nitrogens with zero attached hydrogens (tertiary/aromatic N) is 1. The van der Waals surface area contributed by atoms with Crippen LogP contribution in [0.15, 0.2) is 35.3 Å². The summed E-state index contributed by atoms with van der Waals surface area (Å²) >= 11 is 3.43. The molecule has 1 aromatic rings. The van der Waals surface area contributed by atoms with Gasteiger partial charge in [-0.1, -0.05) is 28.1 Å². The molecule has 0 amide bonds. The van der Waals surface area contributed by atoms with Crippen LogP contribution in [0, 0.1) is 5.82 Å². The van der Waals surface area contributed by atoms with Crippen LogP contribution in [0.3, 0.4) is 0 Å². The van der Waals surface area contributed by atoms with Crippen LogP contribution in [0.25, 0.3) is 0 Å². The van der Waals surface area contributed by atoms with Crippen molar-refractivity contribution in [2.45, 2.75) is 6.04 Å². The highest BCUT2D eigenvalue weighted by atomic mass is 79.9. The maximum absolute atomic E-state index is 13.9. The van der Waals surface area contributed by atoms with Gasteiger partial charge in [-0.15, -0.1) is 31.4 Å². The van der Waals surface area contributed by atoms with E-state index in [1.165, 1.54) is 6.07 Å². The van der Waals surface area contributed by atoms with E-state index in [-0.39, 0.29) is 36.7 Å². The standard InChI is InChI=1S/C13H16BrFN2.2ClH/c1-2-12(17-8-6-16-7-9-17)13-10(14)4-3-5-11(13)15;;/h2-5,12,16H,1,6-9H2;2*1H/t12-;;/m0../s1. The maximum Gasteiger partial charge on any atom is 0.129 e. The molecule has 108 valence electrons. The van der Waals surface area contributed by atoms with E-state index in [4.69, 9.17) is 0 Å². The topological polar surface area (TPSA) is 15.3 Å². The van der Waals surface area contributed by atoms with Gasteiger partial charge in [0.1, 0.15) is 5.82 Å². The van der Waals surface area contributed by atoms with Gasteiger partial charge in [0.2, 0.25) is 0 Å². The second kappa shape index (κ2) is 8.93. The Morgan fingerprint density at radius 3 is 2.47 bits per heavy atom. The Hall–Kier alpha value is -0.130. The molecule has 0 aliphatic carbocycles. The molecular formula is C13H18BrCl2FN2. The number of halogens is 4. The molecule has 1 aliphatic heterocycles. The molecule has 1 saturated heterocycles. The second-order valence-electron chi connectivity index (χ2n) is 4.10. The highest BCUT2D eigenvalue weighted by molar-refractivity contribution is 9.10. The summed E-state index contributed by atoms with van der Waals surface area (Å²) in [4.78, 5) is 2.24. The summed E-state index contributed by atoms with van der Waals surface area (Å²) in [5, 5.41) is 3.29. The van der Waals surface area contributed by atoms with Crippen molar-refractivity contribution in [3.8, 4) is 0 Å². The quantitative estimate of drug-likeness (QED) is 0.817. The van der Waals surface area contributed by atoms with E-state index in [1.54, 1.807) is 6.07 Å². The fourth-order valence-electron chi connectivity index (χ4n) is 2.20. The lowest BCUT2D eigenvalue weighted by Crippen LogP contribution is -2.44. The van der Waals surface area contributed by atoms with Gasteiger partial charge in [0.25, 0.3) is 0 Å². The Kier molecular flexibility index (Phi) is 8.86. The van der Waals surface area contributed by atoms with Gasteiger partial charge < -0.3 is 5.32 Å². The number of piperazine rings is 1. The molecule has 1 aliphatic rings. The van der Waals surface area contributed by atoms with E-state index >= 15 is 0 Å². The Labute approximate surface area is 134 Å². The molecule has 1 atom stereocenters. The number of nitrogens with one attached hydrogen (secondary N) is 1. The minimum Gasteiger partial charge on any atom is -0.314 e. The van der Waals surface area contributed by atoms with Gasteiger partial charge in [-0.2, -0.15) is 0 Å². The minimum absolute atomic E-state index is 0. The molecule has 2 nitrogen and oxygen atoms in total. The van der Waals surface area contributed by atoms with Crippen LogP contribution in [-0.2, 0) is 0 Å². The van der Waals surface area contributed by atoms with Crippen LogP contribution >= 0.6 is 40.7 Å². The van der Waals surface area contributed by atoms with Gasteiger partial charge in [-0.25, -0.2) is 4.39 Å². The van der Waals surface area contributed by atoms with Gasteiger partial charge in [-0.3, -0.25) is 4.90 Å². The monoisotopic (exact) mass is 370 g/mol. The van der Waals surface area contributed by atoms with Gasteiger partial charge >= 0.3 is 0 Å². The van der Waals surface area contributed by atoms with Crippen molar-refractivity contribution in [3.05, 3.63) is 46.7 Å². The van der Waals surface area contributed by atoms with Crippen LogP contribution < -0.4 is 5.32 Å². The third kappa shape index (κ3) is 4.43. The zero-order chi connectivity index (χ0) is 12.3. The van der Waals surface area contributed by atoms with Crippen molar-refractivity contribution in [1.29, 1.82) is 0 Å². The molecule has 1 fully saturated rings. The summed E-state index contributed by atoms with van der Waals surface area (Å²) in [7, 11) is 0. The van der Waals surface area contributed by atoms with Crippen LogP contribution in [-0.4, -0.2) is 31.1 Å². The third-order valence-corrected chi connectivity index (χ3v) is 3.76. The van der Waals surface area contributed by atoms with Crippen LogP contribution in [0.2, 0.25) is 0 Å². The molecular weight excluding hydrogens is 354 g/mol. The lowest BCUT2D eigenvalue weighted by Gasteiger charge is -2.34. The number of rotatable bonds is 3. The van der Waals surface area contributed by atoms with E-state index in [9.17, 15) is 4.39 Å². The highest BCUT2D eigenvalue weighted by Gasteiger charge is 2.23. The number of benzene rings is 1. The van der Waals surface area contributed by atoms with Crippen LogP contribution in [0.5, 0.6) is 0 Å². The predicted molar refractivity (Wildman–Crippen MR) is 86.0 cm³/mol. The number of hydrogen-bond acceptors (Lipinski definition) is 2. The van der Waals surface area contributed by atoms with Gasteiger partial charge in [-0.05, 0) is 12.1 Å². The average Bonchev–Trinajstić information content (AvgIpc) is 2.35. The highest BCUT2D eigenvalue weighted by Crippen LogP contribution is 2.31. The third-order valence-electron chi connectivity index (χ3n) is 3.06. The van der Waals surface area contributed by atoms with Gasteiger partial charge in [0.05, 0.1) is 6.04 Å². The first-order valence-electron chi connectivity index (χ1n) is 5.75. The Balaban J connectivity index is 0.00000162. The second-order valence-corrected chi connectivity index (χ2v) is 4.96. The molecule has 6 heteroatoms. The summed E-state index contributed by atoms with van der Waals surface area (Å²) in [5.41, 5.74) is 0.685. The smallest absolute Gasteiger partial charge is 0.129 e. The molecule has 1 heterocycles. The largest absolute Gasteiger partial charge is 0.314 e. The van der Waals surface area contributed by atoms with Gasteiger partial charge in [0.15, 0.2) is 0 Å². The molecule has 19 heavy (non-hydrogen) atoms. The SMILES string of the molecule is C=C[C@@H](c1c(F)cccc1Br)N1CCNCC1.Cl.Cl. The van der Waals surface area contributed by atoms with E-state index in [0.717, 1.165) is 30.7 Å². The summed E-state index contributed by atoms with van der Waals surface area (Å²) < 4.78 is 14.7. The van der Waals surface area contributed by atoms with Crippen molar-refractivity contribution in [3.63, 3.8) is 0 Å². The molecule has 0 spiro atoms. The Morgan fingerprint density at radius 1 is 1.32 bits per heavy atom. The fourth-order valence-corrected chi connectivity index (χ4v) is 2.78. The number of hydrogen-bond donors (Lipinski definition) is 1. The van der Waals surface area contributed by atoms with Crippen molar-refractivity contribution in [1.82, 2.24) is 10.2 Å². The van der Waals surface area contributed by atoms with E-state index in [2.05, 4.69) is 32.7 Å². The maximum atomic E-state index is 13.9. The van der Waals surface area contributed by atoms with Crippen LogP contribution in [0.4, 0.5) is 4.39 Å². The molecule has 0 unspecified atom stereocenters. The Bertz CT molecular complexity index is 391. The first kappa shape index (κ1) is 18.9. The zero-order valence-electron chi connectivity index (χ0n) is 10.4. The molecule has 0 radical (unpaired) electrons. The normalized spacial score (nSPS) is 16.9. The van der Waals surface area contributed by atoms with Crippen LogP contribution in [0.1, 0.15) is 11.6 Å². The molecule has 1 N–H and O–H groups in total. The van der Waals surface area contributed by atoms with Crippen molar-refractivity contribution in [2.24, 2.45) is 0 Å². The van der Waals surface area contributed by atoms with E-state index in [1.807, 2.05) is 12.1 Å². The summed E-state index contributed by atoms with van der Waals surface area (Å²) in [6.07, 6.45) is 1.81. The predicted octanol–water partition coefficient (Wildman–Crippen LogP) is 3.56. The molecule has 0 saturated carbocycles. The van der Waals surface area contributed by atoms with Crippen molar-refractivity contribution >= 4 is 40.7 Å². The lowest BCUT2D eigenvalue weighted by atomic mass is 10.0. The van der Waals surface area contributed by atoms with Gasteiger partial charge in [0, 0.05) is 36.2 Å². The summed E-state index contributed by atoms with van der Waals surface area (Å²) in [6, 6.07) is 5.02. The first-order valence-corrected chi connectivity index (χ1v) is 6.54. The average molecular weight is 372 g/mol. The van der Waals surface area contributed by atoms with E-state index in [0.29, 0.717) is 5.56 Å². The summed E-state index contributed by atoms with van der Waals surface area (Å²) in [5.74, 6) is -0.178. The van der Waals surface area contributed by atoms with Crippen molar-refractivity contribution in [2.75, 3.05) is 26.2 Å². The summed E-state index contributed by atoms with van der Waals surface area (Å²) in [6.45, 7) is 7.56. The van der Waals surface area contributed by atoms with E-state index < -0.39 is 0 Å².